The van der Waals surface area contributed by atoms with Crippen molar-refractivity contribution in [2.24, 2.45) is 0 Å². The minimum absolute atomic E-state index is 0.297. The number of hydrogen-bond donors (Lipinski definition) is 2. The summed E-state index contributed by atoms with van der Waals surface area (Å²) in [5.41, 5.74) is 2.17. The number of nitrogens with zero attached hydrogens (tertiary/aromatic N) is 2. The maximum Gasteiger partial charge on any atom is 0.177 e. The molecule has 0 amide bonds. The Kier molecular flexibility index (Phi) is 7.23. The van der Waals surface area contributed by atoms with Crippen molar-refractivity contribution in [3.8, 4) is 21.9 Å². The molecule has 1 aliphatic rings. The van der Waals surface area contributed by atoms with Crippen molar-refractivity contribution in [3.05, 3.63) is 53.9 Å². The second kappa shape index (κ2) is 10.1. The smallest absolute Gasteiger partial charge is 0.177 e. The lowest BCUT2D eigenvalue weighted by Gasteiger charge is -2.38. The molecular formula is C24H29N3O4S2. The summed E-state index contributed by atoms with van der Waals surface area (Å²) in [5.74, 6) is 1.01. The third-order valence-corrected chi connectivity index (χ3v) is 7.71. The van der Waals surface area contributed by atoms with Gasteiger partial charge < -0.3 is 19.7 Å². The second-order valence-corrected chi connectivity index (χ2v) is 10.4. The van der Waals surface area contributed by atoms with Crippen molar-refractivity contribution >= 4 is 33.7 Å². The summed E-state index contributed by atoms with van der Waals surface area (Å²) in [6.45, 7) is 5.83. The Labute approximate surface area is 201 Å². The van der Waals surface area contributed by atoms with Crippen molar-refractivity contribution in [1.82, 2.24) is 5.32 Å². The minimum atomic E-state index is -1.84. The molecule has 2 heterocycles. The fraction of sp³-hybridized carbons (Fsp3) is 0.333. The summed E-state index contributed by atoms with van der Waals surface area (Å²) in [6, 6.07) is 15.5. The van der Waals surface area contributed by atoms with Gasteiger partial charge in [0.2, 0.25) is 0 Å². The van der Waals surface area contributed by atoms with E-state index in [0.717, 1.165) is 33.7 Å². The molecule has 2 N–H and O–H groups in total. The molecular weight excluding hydrogens is 458 g/mol. The van der Waals surface area contributed by atoms with Crippen LogP contribution in [0.5, 0.6) is 11.5 Å². The van der Waals surface area contributed by atoms with Gasteiger partial charge in [-0.05, 0) is 49.1 Å². The van der Waals surface area contributed by atoms with Gasteiger partial charge in [0.05, 0.1) is 24.8 Å². The molecule has 4 rings (SSSR count). The van der Waals surface area contributed by atoms with E-state index in [4.69, 9.17) is 9.47 Å². The third kappa shape index (κ3) is 5.01. The highest BCUT2D eigenvalue weighted by atomic mass is 32.2. The zero-order valence-corrected chi connectivity index (χ0v) is 20.8. The fourth-order valence-corrected chi connectivity index (χ4v) is 5.78. The SMILES string of the molecule is COc1cc(OC)c(N(O)S(=O)c2ccc(-c3cccs3)cc2)cc1N1CC(C)NC(C)C1. The van der Waals surface area contributed by atoms with Crippen molar-refractivity contribution in [3.63, 3.8) is 0 Å². The number of ether oxygens (including phenoxy) is 2. The Bertz CT molecular complexity index is 1100. The minimum Gasteiger partial charge on any atom is -0.494 e. The molecule has 176 valence electrons. The maximum absolute atomic E-state index is 13.2. The molecule has 3 atom stereocenters. The molecule has 0 radical (unpaired) electrons. The van der Waals surface area contributed by atoms with E-state index >= 15 is 0 Å². The Balaban J connectivity index is 1.66. The largest absolute Gasteiger partial charge is 0.494 e. The molecule has 9 heteroatoms. The normalized spacial score (nSPS) is 19.2. The van der Waals surface area contributed by atoms with Gasteiger partial charge in [0.1, 0.15) is 17.2 Å². The molecule has 0 bridgehead atoms. The van der Waals surface area contributed by atoms with Crippen LogP contribution in [-0.2, 0) is 11.0 Å². The highest BCUT2D eigenvalue weighted by molar-refractivity contribution is 7.86. The highest BCUT2D eigenvalue weighted by Crippen LogP contribution is 2.41. The zero-order chi connectivity index (χ0) is 23.5. The number of benzene rings is 2. The van der Waals surface area contributed by atoms with Gasteiger partial charge in [-0.1, -0.05) is 18.2 Å². The zero-order valence-electron chi connectivity index (χ0n) is 19.1. The van der Waals surface area contributed by atoms with E-state index in [2.05, 4.69) is 24.1 Å². The molecule has 7 nitrogen and oxygen atoms in total. The molecule has 0 saturated carbocycles. The molecule has 3 unspecified atom stereocenters. The van der Waals surface area contributed by atoms with Crippen LogP contribution in [-0.4, -0.2) is 48.8 Å². The highest BCUT2D eigenvalue weighted by Gasteiger charge is 2.27. The lowest BCUT2D eigenvalue weighted by atomic mass is 10.1. The average molecular weight is 488 g/mol. The summed E-state index contributed by atoms with van der Waals surface area (Å²) >= 11 is 1.64. The Hall–Kier alpha value is -2.59. The summed E-state index contributed by atoms with van der Waals surface area (Å²) in [7, 11) is 1.28. The van der Waals surface area contributed by atoms with Crippen LogP contribution in [0.4, 0.5) is 11.4 Å². The van der Waals surface area contributed by atoms with E-state index in [1.165, 1.54) is 7.11 Å². The standard InChI is InChI=1S/C24H29N3O4S2/c1-16-14-26(15-17(2)25-16)20-12-21(23(31-4)13-22(20)30-3)27(28)33(29)19-9-7-18(8-10-19)24-6-5-11-32-24/h5-13,16-17,25,28H,14-15H2,1-4H3. The molecule has 0 spiro atoms. The van der Waals surface area contributed by atoms with Crippen LogP contribution < -0.4 is 24.2 Å². The summed E-state index contributed by atoms with van der Waals surface area (Å²) in [5, 5.41) is 16.5. The van der Waals surface area contributed by atoms with Crippen LogP contribution in [0.15, 0.2) is 58.8 Å². The lowest BCUT2D eigenvalue weighted by molar-refractivity contribution is 0.316. The van der Waals surface area contributed by atoms with Crippen LogP contribution in [0.2, 0.25) is 0 Å². The van der Waals surface area contributed by atoms with Crippen LogP contribution in [0.1, 0.15) is 13.8 Å². The Morgan fingerprint density at radius 1 is 1.06 bits per heavy atom. The first-order valence-corrected chi connectivity index (χ1v) is 12.7. The van der Waals surface area contributed by atoms with Crippen LogP contribution >= 0.6 is 11.3 Å². The van der Waals surface area contributed by atoms with E-state index in [0.29, 0.717) is 34.2 Å². The second-order valence-electron chi connectivity index (χ2n) is 8.09. The van der Waals surface area contributed by atoms with Crippen molar-refractivity contribution in [2.45, 2.75) is 30.8 Å². The summed E-state index contributed by atoms with van der Waals surface area (Å²) in [4.78, 5) is 3.83. The Morgan fingerprint density at radius 2 is 1.73 bits per heavy atom. The number of nitrogens with one attached hydrogen (secondary N) is 1. The molecule has 1 fully saturated rings. The van der Waals surface area contributed by atoms with Crippen molar-refractivity contribution < 1.29 is 18.9 Å². The van der Waals surface area contributed by atoms with Gasteiger partial charge >= 0.3 is 0 Å². The van der Waals surface area contributed by atoms with Gasteiger partial charge in [0.25, 0.3) is 0 Å². The molecule has 1 saturated heterocycles. The van der Waals surface area contributed by atoms with E-state index in [1.54, 1.807) is 42.7 Å². The lowest BCUT2D eigenvalue weighted by Crippen LogP contribution is -2.54. The molecule has 33 heavy (non-hydrogen) atoms. The topological polar surface area (TPSA) is 74.3 Å². The number of methoxy groups -OCH3 is 2. The molecule has 1 aliphatic heterocycles. The average Bonchev–Trinajstić information content (AvgIpc) is 3.37. The number of hydrogen-bond acceptors (Lipinski definition) is 7. The molecule has 1 aromatic heterocycles. The molecule has 3 aromatic rings. The molecule has 0 aliphatic carbocycles. The third-order valence-electron chi connectivity index (χ3n) is 5.60. The van der Waals surface area contributed by atoms with E-state index in [1.807, 2.05) is 29.6 Å². The maximum atomic E-state index is 13.2. The van der Waals surface area contributed by atoms with E-state index in [9.17, 15) is 9.42 Å². The van der Waals surface area contributed by atoms with Crippen LogP contribution in [0.3, 0.4) is 0 Å². The summed E-state index contributed by atoms with van der Waals surface area (Å²) < 4.78 is 25.1. The van der Waals surface area contributed by atoms with Gasteiger partial charge in [-0.15, -0.1) is 11.3 Å². The molecule has 2 aromatic carbocycles. The number of anilines is 2. The number of rotatable bonds is 7. The first-order chi connectivity index (χ1) is 15.9. The predicted molar refractivity (Wildman–Crippen MR) is 134 cm³/mol. The predicted octanol–water partition coefficient (Wildman–Crippen LogP) is 4.54. The first kappa shape index (κ1) is 23.6. The number of thiophene rings is 1. The van der Waals surface area contributed by atoms with E-state index < -0.39 is 11.0 Å². The van der Waals surface area contributed by atoms with Crippen molar-refractivity contribution in [2.75, 3.05) is 36.7 Å². The van der Waals surface area contributed by atoms with Crippen LogP contribution in [0.25, 0.3) is 10.4 Å². The monoisotopic (exact) mass is 487 g/mol. The quantitative estimate of drug-likeness (QED) is 0.477. The van der Waals surface area contributed by atoms with Gasteiger partial charge in [-0.25, -0.2) is 4.21 Å². The number of piperazine rings is 1. The first-order valence-electron chi connectivity index (χ1n) is 10.7. The van der Waals surface area contributed by atoms with E-state index in [-0.39, 0.29) is 0 Å². The fourth-order valence-electron chi connectivity index (χ4n) is 4.15. The van der Waals surface area contributed by atoms with Crippen LogP contribution in [0, 0.1) is 0 Å². The van der Waals surface area contributed by atoms with Gasteiger partial charge in [0, 0.05) is 36.1 Å². The van der Waals surface area contributed by atoms with Gasteiger partial charge in [-0.3, -0.25) is 5.21 Å². The Morgan fingerprint density at radius 3 is 2.30 bits per heavy atom. The summed E-state index contributed by atoms with van der Waals surface area (Å²) in [6.07, 6.45) is 0. The van der Waals surface area contributed by atoms with Crippen molar-refractivity contribution in [1.29, 1.82) is 0 Å². The van der Waals surface area contributed by atoms with Gasteiger partial charge in [-0.2, -0.15) is 4.47 Å². The van der Waals surface area contributed by atoms with Gasteiger partial charge in [0.15, 0.2) is 11.0 Å².